The molecule has 0 aliphatic carbocycles. The Kier molecular flexibility index (Phi) is 4.30. The predicted molar refractivity (Wildman–Crippen MR) is 65.9 cm³/mol. The second-order valence-corrected chi connectivity index (χ2v) is 4.54. The summed E-state index contributed by atoms with van der Waals surface area (Å²) in [5, 5.41) is 0. The van der Waals surface area contributed by atoms with Gasteiger partial charge in [-0.25, -0.2) is 0 Å². The smallest absolute Gasteiger partial charge is 0.0236 e. The average Bonchev–Trinajstić information content (AvgIpc) is 2.10. The lowest BCUT2D eigenvalue weighted by molar-refractivity contribution is 0.309. The zero-order chi connectivity index (χ0) is 11.4. The Morgan fingerprint density at radius 3 is 2.27 bits per heavy atom. The molecule has 0 aliphatic heterocycles. The average molecular weight is 206 g/mol. The SMILES string of the molecule is Cc1cccc(C)c1CN(C)CC(C)N. The summed E-state index contributed by atoms with van der Waals surface area (Å²) in [5.74, 6) is 0. The molecule has 1 aromatic rings. The first kappa shape index (κ1) is 12.2. The van der Waals surface area contributed by atoms with E-state index in [1.54, 1.807) is 0 Å². The van der Waals surface area contributed by atoms with Crippen molar-refractivity contribution in [2.45, 2.75) is 33.4 Å². The molecule has 84 valence electrons. The molecule has 1 rings (SSSR count). The van der Waals surface area contributed by atoms with Gasteiger partial charge in [-0.1, -0.05) is 18.2 Å². The van der Waals surface area contributed by atoms with Crippen LogP contribution in [-0.2, 0) is 6.54 Å². The minimum Gasteiger partial charge on any atom is -0.327 e. The van der Waals surface area contributed by atoms with Gasteiger partial charge in [0.25, 0.3) is 0 Å². The van der Waals surface area contributed by atoms with Gasteiger partial charge in [-0.3, -0.25) is 0 Å². The van der Waals surface area contributed by atoms with E-state index < -0.39 is 0 Å². The zero-order valence-corrected chi connectivity index (χ0v) is 10.2. The highest BCUT2D eigenvalue weighted by atomic mass is 15.1. The van der Waals surface area contributed by atoms with Crippen molar-refractivity contribution in [1.29, 1.82) is 0 Å². The van der Waals surface area contributed by atoms with Crippen LogP contribution in [0.2, 0.25) is 0 Å². The van der Waals surface area contributed by atoms with Crippen molar-refractivity contribution in [1.82, 2.24) is 4.90 Å². The van der Waals surface area contributed by atoms with Crippen molar-refractivity contribution in [2.75, 3.05) is 13.6 Å². The molecule has 15 heavy (non-hydrogen) atoms. The number of nitrogens with two attached hydrogens (primary N) is 1. The second kappa shape index (κ2) is 5.29. The molecule has 1 unspecified atom stereocenters. The largest absolute Gasteiger partial charge is 0.327 e. The molecular weight excluding hydrogens is 184 g/mol. The van der Waals surface area contributed by atoms with Crippen molar-refractivity contribution in [3.8, 4) is 0 Å². The molecule has 0 fully saturated rings. The molecule has 0 spiro atoms. The molecular formula is C13H22N2. The number of likely N-dealkylation sites (N-methyl/N-ethyl adjacent to an activating group) is 1. The molecule has 1 aromatic carbocycles. The summed E-state index contributed by atoms with van der Waals surface area (Å²) in [6, 6.07) is 6.68. The molecule has 0 radical (unpaired) electrons. The maximum absolute atomic E-state index is 5.78. The van der Waals surface area contributed by atoms with E-state index in [9.17, 15) is 0 Å². The molecule has 0 heterocycles. The van der Waals surface area contributed by atoms with Gasteiger partial charge in [0.2, 0.25) is 0 Å². The molecule has 0 aromatic heterocycles. The van der Waals surface area contributed by atoms with E-state index in [-0.39, 0.29) is 6.04 Å². The van der Waals surface area contributed by atoms with Gasteiger partial charge in [-0.2, -0.15) is 0 Å². The van der Waals surface area contributed by atoms with Crippen LogP contribution < -0.4 is 5.73 Å². The van der Waals surface area contributed by atoms with Crippen LogP contribution in [0.3, 0.4) is 0 Å². The summed E-state index contributed by atoms with van der Waals surface area (Å²) in [5.41, 5.74) is 9.95. The molecule has 0 bridgehead atoms. The lowest BCUT2D eigenvalue weighted by Crippen LogP contribution is -2.32. The maximum atomic E-state index is 5.78. The fourth-order valence-corrected chi connectivity index (χ4v) is 1.92. The summed E-state index contributed by atoms with van der Waals surface area (Å²) >= 11 is 0. The molecule has 2 heteroatoms. The van der Waals surface area contributed by atoms with Crippen molar-refractivity contribution < 1.29 is 0 Å². The summed E-state index contributed by atoms with van der Waals surface area (Å²) in [6.07, 6.45) is 0. The van der Waals surface area contributed by atoms with Crippen molar-refractivity contribution in [3.63, 3.8) is 0 Å². The van der Waals surface area contributed by atoms with Gasteiger partial charge in [0, 0.05) is 19.1 Å². The molecule has 0 saturated carbocycles. The third-order valence-corrected chi connectivity index (χ3v) is 2.67. The van der Waals surface area contributed by atoms with Gasteiger partial charge < -0.3 is 10.6 Å². The lowest BCUT2D eigenvalue weighted by Gasteiger charge is -2.21. The normalized spacial score (nSPS) is 13.2. The van der Waals surface area contributed by atoms with Crippen LogP contribution in [0.1, 0.15) is 23.6 Å². The second-order valence-electron chi connectivity index (χ2n) is 4.54. The van der Waals surface area contributed by atoms with Gasteiger partial charge >= 0.3 is 0 Å². The summed E-state index contributed by atoms with van der Waals surface area (Å²) in [6.45, 7) is 8.30. The van der Waals surface area contributed by atoms with E-state index in [0.717, 1.165) is 13.1 Å². The van der Waals surface area contributed by atoms with Crippen molar-refractivity contribution in [2.24, 2.45) is 5.73 Å². The number of rotatable bonds is 4. The molecule has 2 N–H and O–H groups in total. The Morgan fingerprint density at radius 1 is 1.27 bits per heavy atom. The monoisotopic (exact) mass is 206 g/mol. The molecule has 1 atom stereocenters. The van der Waals surface area contributed by atoms with Crippen LogP contribution >= 0.6 is 0 Å². The quantitative estimate of drug-likeness (QED) is 0.817. The maximum Gasteiger partial charge on any atom is 0.0236 e. The first-order valence-corrected chi connectivity index (χ1v) is 5.50. The van der Waals surface area contributed by atoms with E-state index in [4.69, 9.17) is 5.73 Å². The fraction of sp³-hybridized carbons (Fsp3) is 0.538. The highest BCUT2D eigenvalue weighted by Gasteiger charge is 2.07. The van der Waals surface area contributed by atoms with Gasteiger partial charge in [-0.05, 0) is 44.5 Å². The van der Waals surface area contributed by atoms with Gasteiger partial charge in [0.1, 0.15) is 0 Å². The van der Waals surface area contributed by atoms with E-state index in [0.29, 0.717) is 0 Å². The predicted octanol–water partition coefficient (Wildman–Crippen LogP) is 2.08. The van der Waals surface area contributed by atoms with Crippen molar-refractivity contribution >= 4 is 0 Å². The van der Waals surface area contributed by atoms with Crippen LogP contribution in [0.15, 0.2) is 18.2 Å². The standard InChI is InChI=1S/C13H22N2/c1-10-6-5-7-11(2)13(10)9-15(4)8-12(3)14/h5-7,12H,8-9,14H2,1-4H3. The van der Waals surface area contributed by atoms with Crippen LogP contribution in [-0.4, -0.2) is 24.5 Å². The fourth-order valence-electron chi connectivity index (χ4n) is 1.92. The summed E-state index contributed by atoms with van der Waals surface area (Å²) in [4.78, 5) is 2.28. The van der Waals surface area contributed by atoms with E-state index in [1.165, 1.54) is 16.7 Å². The zero-order valence-electron chi connectivity index (χ0n) is 10.2. The number of hydrogen-bond acceptors (Lipinski definition) is 2. The number of benzene rings is 1. The minimum absolute atomic E-state index is 0.235. The molecule has 0 saturated heterocycles. The highest BCUT2D eigenvalue weighted by molar-refractivity contribution is 5.33. The van der Waals surface area contributed by atoms with Gasteiger partial charge in [-0.15, -0.1) is 0 Å². The summed E-state index contributed by atoms with van der Waals surface area (Å²) < 4.78 is 0. The van der Waals surface area contributed by atoms with E-state index in [2.05, 4.69) is 44.0 Å². The Bertz CT molecular complexity index is 298. The first-order valence-electron chi connectivity index (χ1n) is 5.50. The Balaban J connectivity index is 2.71. The van der Waals surface area contributed by atoms with Crippen LogP contribution in [0.5, 0.6) is 0 Å². The highest BCUT2D eigenvalue weighted by Crippen LogP contribution is 2.14. The third-order valence-electron chi connectivity index (χ3n) is 2.67. The van der Waals surface area contributed by atoms with E-state index in [1.807, 2.05) is 6.92 Å². The molecule has 0 amide bonds. The minimum atomic E-state index is 0.235. The first-order chi connectivity index (χ1) is 7.00. The Morgan fingerprint density at radius 2 is 1.80 bits per heavy atom. The topological polar surface area (TPSA) is 29.3 Å². The van der Waals surface area contributed by atoms with Gasteiger partial charge in [0.05, 0.1) is 0 Å². The lowest BCUT2D eigenvalue weighted by atomic mass is 10.0. The van der Waals surface area contributed by atoms with Crippen LogP contribution in [0.4, 0.5) is 0 Å². The third kappa shape index (κ3) is 3.65. The number of aryl methyl sites for hydroxylation is 2. The van der Waals surface area contributed by atoms with E-state index >= 15 is 0 Å². The Labute approximate surface area is 93.1 Å². The van der Waals surface area contributed by atoms with Crippen LogP contribution in [0, 0.1) is 13.8 Å². The summed E-state index contributed by atoms with van der Waals surface area (Å²) in [7, 11) is 2.12. The van der Waals surface area contributed by atoms with Crippen molar-refractivity contribution in [3.05, 3.63) is 34.9 Å². The number of hydrogen-bond donors (Lipinski definition) is 1. The Hall–Kier alpha value is -0.860. The van der Waals surface area contributed by atoms with Gasteiger partial charge in [0.15, 0.2) is 0 Å². The number of nitrogens with zero attached hydrogens (tertiary/aromatic N) is 1. The van der Waals surface area contributed by atoms with Crippen LogP contribution in [0.25, 0.3) is 0 Å². The molecule has 0 aliphatic rings. The molecule has 2 nitrogen and oxygen atoms in total.